The highest BCUT2D eigenvalue weighted by Crippen LogP contribution is 2.32. The maximum atomic E-state index is 9.44. The lowest BCUT2D eigenvalue weighted by Gasteiger charge is -2.38. The van der Waals surface area contributed by atoms with Crippen LogP contribution in [0.1, 0.15) is 26.7 Å². The topological polar surface area (TPSA) is 32.7 Å². The summed E-state index contributed by atoms with van der Waals surface area (Å²) in [7, 11) is 0. The lowest BCUT2D eigenvalue weighted by Crippen LogP contribution is -2.49. The second kappa shape index (κ2) is 2.69. The first-order valence-corrected chi connectivity index (χ1v) is 4.68. The van der Waals surface area contributed by atoms with E-state index in [1.165, 1.54) is 0 Å². The smallest absolute Gasteiger partial charge is 0.116 e. The minimum absolute atomic E-state index is 0.106. The molecule has 2 aliphatic heterocycles. The van der Waals surface area contributed by atoms with Gasteiger partial charge in [0, 0.05) is 12.6 Å². The van der Waals surface area contributed by atoms with E-state index in [4.69, 9.17) is 4.74 Å². The number of nitrogens with zero attached hydrogens (tertiary/aromatic N) is 1. The third-order valence-electron chi connectivity index (χ3n) is 3.01. The molecule has 1 N–H and O–H groups in total. The summed E-state index contributed by atoms with van der Waals surface area (Å²) < 4.78 is 5.65. The van der Waals surface area contributed by atoms with Crippen molar-refractivity contribution >= 4 is 0 Å². The number of hydrogen-bond acceptors (Lipinski definition) is 3. The minimum atomic E-state index is -0.108. The van der Waals surface area contributed by atoms with Crippen molar-refractivity contribution in [3.05, 3.63) is 0 Å². The Bertz CT molecular complexity index is 181. The van der Waals surface area contributed by atoms with Gasteiger partial charge in [-0.05, 0) is 26.7 Å². The molecule has 0 bridgehead atoms. The number of piperidine rings is 1. The van der Waals surface area contributed by atoms with Gasteiger partial charge in [-0.2, -0.15) is 0 Å². The van der Waals surface area contributed by atoms with E-state index in [-0.39, 0.29) is 11.8 Å². The van der Waals surface area contributed by atoms with Crippen molar-refractivity contribution in [3.8, 4) is 0 Å². The lowest BCUT2D eigenvalue weighted by atomic mass is 9.99. The predicted octanol–water partition coefficient (Wildman–Crippen LogP) is 0.578. The van der Waals surface area contributed by atoms with Crippen molar-refractivity contribution in [2.24, 2.45) is 0 Å². The lowest BCUT2D eigenvalue weighted by molar-refractivity contribution is -0.0674. The van der Waals surface area contributed by atoms with Gasteiger partial charge in [0.1, 0.15) is 5.72 Å². The molecule has 3 nitrogen and oxygen atoms in total. The molecule has 2 heterocycles. The van der Waals surface area contributed by atoms with Crippen LogP contribution in [0.3, 0.4) is 0 Å². The van der Waals surface area contributed by atoms with Gasteiger partial charge in [-0.15, -0.1) is 0 Å². The van der Waals surface area contributed by atoms with Crippen molar-refractivity contribution in [2.75, 3.05) is 13.2 Å². The third kappa shape index (κ3) is 1.26. The fraction of sp³-hybridized carbons (Fsp3) is 1.00. The summed E-state index contributed by atoms with van der Waals surface area (Å²) in [6, 6.07) is 0.448. The van der Waals surface area contributed by atoms with E-state index in [0.29, 0.717) is 6.04 Å². The van der Waals surface area contributed by atoms with E-state index in [2.05, 4.69) is 18.7 Å². The van der Waals surface area contributed by atoms with Crippen LogP contribution < -0.4 is 0 Å². The Morgan fingerprint density at radius 1 is 1.50 bits per heavy atom. The van der Waals surface area contributed by atoms with E-state index >= 15 is 0 Å². The molecule has 2 aliphatic rings. The Kier molecular flexibility index (Phi) is 1.90. The van der Waals surface area contributed by atoms with Crippen LogP contribution in [0, 0.1) is 0 Å². The first-order chi connectivity index (χ1) is 5.59. The Morgan fingerprint density at radius 2 is 2.25 bits per heavy atom. The molecule has 2 saturated heterocycles. The summed E-state index contributed by atoms with van der Waals surface area (Å²) in [4.78, 5) is 2.36. The van der Waals surface area contributed by atoms with Crippen LogP contribution in [-0.4, -0.2) is 41.0 Å². The zero-order valence-electron chi connectivity index (χ0n) is 7.79. The highest BCUT2D eigenvalue weighted by molar-refractivity contribution is 4.91. The molecular weight excluding hydrogens is 154 g/mol. The fourth-order valence-corrected chi connectivity index (χ4v) is 2.28. The predicted molar refractivity (Wildman–Crippen MR) is 45.8 cm³/mol. The van der Waals surface area contributed by atoms with Gasteiger partial charge in [0.05, 0.1) is 12.7 Å². The number of rotatable bonds is 0. The van der Waals surface area contributed by atoms with E-state index < -0.39 is 0 Å². The van der Waals surface area contributed by atoms with E-state index in [1.54, 1.807) is 0 Å². The molecule has 0 aromatic heterocycles. The normalized spacial score (nSPS) is 41.2. The number of hydrogen-bond donors (Lipinski definition) is 1. The summed E-state index contributed by atoms with van der Waals surface area (Å²) in [6.07, 6.45) is 1.66. The van der Waals surface area contributed by atoms with E-state index in [1.807, 2.05) is 0 Å². The first kappa shape index (κ1) is 8.48. The maximum absolute atomic E-state index is 9.44. The largest absolute Gasteiger partial charge is 0.393 e. The van der Waals surface area contributed by atoms with Gasteiger partial charge >= 0.3 is 0 Å². The summed E-state index contributed by atoms with van der Waals surface area (Å²) in [5.74, 6) is 0. The molecule has 0 spiro atoms. The first-order valence-electron chi connectivity index (χ1n) is 4.68. The van der Waals surface area contributed by atoms with Crippen molar-refractivity contribution in [1.29, 1.82) is 0 Å². The van der Waals surface area contributed by atoms with Gasteiger partial charge in [0.25, 0.3) is 0 Å². The summed E-state index contributed by atoms with van der Waals surface area (Å²) in [5.41, 5.74) is -0.106. The molecule has 0 saturated carbocycles. The van der Waals surface area contributed by atoms with Crippen LogP contribution in [0.2, 0.25) is 0 Å². The molecule has 0 unspecified atom stereocenters. The molecule has 2 atom stereocenters. The van der Waals surface area contributed by atoms with Gasteiger partial charge in [0.2, 0.25) is 0 Å². The zero-order valence-corrected chi connectivity index (χ0v) is 7.79. The number of aliphatic hydroxyl groups excluding tert-OH is 1. The third-order valence-corrected chi connectivity index (χ3v) is 3.01. The fourth-order valence-electron chi connectivity index (χ4n) is 2.28. The van der Waals surface area contributed by atoms with E-state index in [0.717, 1.165) is 26.0 Å². The molecule has 70 valence electrons. The molecule has 2 rings (SSSR count). The highest BCUT2D eigenvalue weighted by Gasteiger charge is 2.43. The van der Waals surface area contributed by atoms with Crippen LogP contribution in [0.25, 0.3) is 0 Å². The SMILES string of the molecule is CC1(C)OC[C@H]2C[C@@H](O)CCN21. The second-order valence-electron chi connectivity index (χ2n) is 4.28. The molecule has 3 heteroatoms. The molecule has 0 aromatic carbocycles. The van der Waals surface area contributed by atoms with Crippen molar-refractivity contribution < 1.29 is 9.84 Å². The van der Waals surface area contributed by atoms with Gasteiger partial charge in [0.15, 0.2) is 0 Å². The Hall–Kier alpha value is -0.120. The van der Waals surface area contributed by atoms with Gasteiger partial charge in [-0.1, -0.05) is 0 Å². The summed E-state index contributed by atoms with van der Waals surface area (Å²) in [5, 5.41) is 9.44. The van der Waals surface area contributed by atoms with Crippen molar-refractivity contribution in [2.45, 2.75) is 44.6 Å². The van der Waals surface area contributed by atoms with Gasteiger partial charge in [-0.3, -0.25) is 4.90 Å². The molecule has 12 heavy (non-hydrogen) atoms. The number of aliphatic hydroxyl groups is 1. The van der Waals surface area contributed by atoms with Gasteiger partial charge in [-0.25, -0.2) is 0 Å². The zero-order chi connectivity index (χ0) is 8.77. The standard InChI is InChI=1S/C9H17NO2/c1-9(2)10-4-3-8(11)5-7(10)6-12-9/h7-8,11H,3-6H2,1-2H3/t7-,8+/m1/s1. The monoisotopic (exact) mass is 171 g/mol. The molecule has 2 fully saturated rings. The van der Waals surface area contributed by atoms with Crippen LogP contribution in [-0.2, 0) is 4.74 Å². The maximum Gasteiger partial charge on any atom is 0.116 e. The van der Waals surface area contributed by atoms with Crippen molar-refractivity contribution in [3.63, 3.8) is 0 Å². The average Bonchev–Trinajstić information content (AvgIpc) is 2.27. The number of ether oxygens (including phenoxy) is 1. The van der Waals surface area contributed by atoms with Crippen LogP contribution >= 0.6 is 0 Å². The van der Waals surface area contributed by atoms with Crippen molar-refractivity contribution in [1.82, 2.24) is 4.90 Å². The quantitative estimate of drug-likeness (QED) is 0.578. The summed E-state index contributed by atoms with van der Waals surface area (Å²) in [6.45, 7) is 5.96. The minimum Gasteiger partial charge on any atom is -0.393 e. The second-order valence-corrected chi connectivity index (χ2v) is 4.28. The molecule has 0 aromatic rings. The molecule has 0 radical (unpaired) electrons. The number of fused-ring (bicyclic) bond motifs is 1. The summed E-state index contributed by atoms with van der Waals surface area (Å²) >= 11 is 0. The van der Waals surface area contributed by atoms with Crippen LogP contribution in [0.5, 0.6) is 0 Å². The highest BCUT2D eigenvalue weighted by atomic mass is 16.5. The Balaban J connectivity index is 2.08. The average molecular weight is 171 g/mol. The van der Waals surface area contributed by atoms with Crippen LogP contribution in [0.4, 0.5) is 0 Å². The van der Waals surface area contributed by atoms with E-state index in [9.17, 15) is 5.11 Å². The molecule has 0 amide bonds. The Morgan fingerprint density at radius 3 is 3.00 bits per heavy atom. The Labute approximate surface area is 73.3 Å². The molecular formula is C9H17NO2. The van der Waals surface area contributed by atoms with Crippen LogP contribution in [0.15, 0.2) is 0 Å². The van der Waals surface area contributed by atoms with Gasteiger partial charge < -0.3 is 9.84 Å². The molecule has 0 aliphatic carbocycles.